The minimum Gasteiger partial charge on any atom is -0.436 e. The number of nitrogens with one attached hydrogen (secondary N) is 1. The van der Waals surface area contributed by atoms with E-state index in [-0.39, 0.29) is 18.2 Å². The van der Waals surface area contributed by atoms with Gasteiger partial charge in [0.15, 0.2) is 5.58 Å². The molecule has 2 atom stereocenters. The van der Waals surface area contributed by atoms with E-state index in [4.69, 9.17) is 4.42 Å². The number of hydrogen-bond acceptors (Lipinski definition) is 5. The van der Waals surface area contributed by atoms with Crippen molar-refractivity contribution in [2.24, 2.45) is 5.92 Å². The Morgan fingerprint density at radius 1 is 1.35 bits per heavy atom. The second-order valence-electron chi connectivity index (χ2n) is 6.01. The fourth-order valence-corrected chi connectivity index (χ4v) is 3.13. The van der Waals surface area contributed by atoms with Crippen molar-refractivity contribution in [2.75, 3.05) is 5.32 Å². The van der Waals surface area contributed by atoms with Crippen molar-refractivity contribution in [3.63, 3.8) is 0 Å². The summed E-state index contributed by atoms with van der Waals surface area (Å²) in [6.45, 7) is 0. The zero-order valence-corrected chi connectivity index (χ0v) is 14.7. The molecule has 26 heavy (non-hydrogen) atoms. The highest BCUT2D eigenvalue weighted by Gasteiger charge is 2.53. The molecule has 1 aromatic heterocycles. The summed E-state index contributed by atoms with van der Waals surface area (Å²) >= 11 is 3.33. The van der Waals surface area contributed by atoms with Gasteiger partial charge < -0.3 is 9.73 Å². The molecule has 132 valence electrons. The molecule has 1 aliphatic rings. The fraction of sp³-hybridized carbons (Fsp3) is 0.176. The average molecular weight is 420 g/mol. The Balaban J connectivity index is 1.59. The Bertz CT molecular complexity index is 1050. The van der Waals surface area contributed by atoms with Crippen LogP contribution in [0.15, 0.2) is 45.3 Å². The second kappa shape index (κ2) is 6.17. The predicted octanol–water partition coefficient (Wildman–Crippen LogP) is 4.00. The van der Waals surface area contributed by atoms with E-state index in [1.165, 1.54) is 12.1 Å². The number of rotatable bonds is 4. The first kappa shape index (κ1) is 16.6. The molecule has 9 heteroatoms. The number of hydrogen-bond donors (Lipinski definition) is 1. The Hall–Kier alpha value is -2.81. The molecule has 3 aromatic rings. The summed E-state index contributed by atoms with van der Waals surface area (Å²) in [5.74, 6) is -1.16. The summed E-state index contributed by atoms with van der Waals surface area (Å²) in [6.07, 6.45) is 0.253. The van der Waals surface area contributed by atoms with Crippen LogP contribution in [0.1, 0.15) is 6.42 Å². The van der Waals surface area contributed by atoms with Gasteiger partial charge in [-0.15, -0.1) is 0 Å². The number of aromatic nitrogens is 1. The number of nitrogens with zero attached hydrogens (tertiary/aromatic N) is 2. The number of halogens is 2. The summed E-state index contributed by atoms with van der Waals surface area (Å²) in [5, 5.41) is 13.3. The number of nitro groups is 1. The van der Waals surface area contributed by atoms with E-state index in [2.05, 4.69) is 26.2 Å². The van der Waals surface area contributed by atoms with Crippen LogP contribution in [0, 0.1) is 21.8 Å². The minimum absolute atomic E-state index is 0.241. The standard InChI is InChI=1S/C17H11BrFN3O4/c18-12-3-1-8(19)5-10(12)17-21-13-6-9(2-4-15(13)26-17)20-16(23)11-7-14(11)22(24)25/h1-6,11,14H,7H2,(H,20,23)/t11-,14+/m1/s1. The number of carbonyl (C=O) groups is 1. The molecule has 1 saturated carbocycles. The van der Waals surface area contributed by atoms with Gasteiger partial charge in [-0.3, -0.25) is 14.9 Å². The normalized spacial score (nSPS) is 18.7. The van der Waals surface area contributed by atoms with Gasteiger partial charge in [0, 0.05) is 21.5 Å². The minimum atomic E-state index is -0.803. The molecular formula is C17H11BrFN3O4. The number of carbonyl (C=O) groups excluding carboxylic acids is 1. The van der Waals surface area contributed by atoms with Crippen LogP contribution < -0.4 is 5.32 Å². The number of anilines is 1. The lowest BCUT2D eigenvalue weighted by Crippen LogP contribution is -2.18. The fourth-order valence-electron chi connectivity index (χ4n) is 2.71. The van der Waals surface area contributed by atoms with Gasteiger partial charge in [-0.1, -0.05) is 0 Å². The summed E-state index contributed by atoms with van der Waals surface area (Å²) in [5.41, 5.74) is 1.90. The highest BCUT2D eigenvalue weighted by Crippen LogP contribution is 2.35. The van der Waals surface area contributed by atoms with E-state index in [9.17, 15) is 19.3 Å². The van der Waals surface area contributed by atoms with Gasteiger partial charge in [-0.05, 0) is 52.3 Å². The van der Waals surface area contributed by atoms with Gasteiger partial charge in [0.05, 0.1) is 5.56 Å². The summed E-state index contributed by atoms with van der Waals surface area (Å²) in [4.78, 5) is 26.6. The van der Waals surface area contributed by atoms with Crippen LogP contribution in [0.3, 0.4) is 0 Å². The van der Waals surface area contributed by atoms with Crippen molar-refractivity contribution >= 4 is 38.6 Å². The van der Waals surface area contributed by atoms with Crippen LogP contribution >= 0.6 is 15.9 Å². The quantitative estimate of drug-likeness (QED) is 0.508. The van der Waals surface area contributed by atoms with Crippen molar-refractivity contribution in [3.8, 4) is 11.5 Å². The molecule has 0 bridgehead atoms. The van der Waals surface area contributed by atoms with E-state index in [0.29, 0.717) is 26.8 Å². The topological polar surface area (TPSA) is 98.3 Å². The van der Waals surface area contributed by atoms with Crippen LogP contribution in [0.5, 0.6) is 0 Å². The molecule has 1 aliphatic carbocycles. The van der Waals surface area contributed by atoms with Gasteiger partial charge in [0.1, 0.15) is 17.3 Å². The van der Waals surface area contributed by atoms with Crippen molar-refractivity contribution in [3.05, 3.63) is 56.8 Å². The van der Waals surface area contributed by atoms with Gasteiger partial charge in [-0.25, -0.2) is 9.37 Å². The molecule has 7 nitrogen and oxygen atoms in total. The molecule has 1 fully saturated rings. The van der Waals surface area contributed by atoms with Crippen LogP contribution in [-0.4, -0.2) is 21.9 Å². The van der Waals surface area contributed by atoms with Gasteiger partial charge in [0.25, 0.3) is 0 Å². The second-order valence-corrected chi connectivity index (χ2v) is 6.86. The summed E-state index contributed by atoms with van der Waals surface area (Å²) in [6, 6.07) is 8.25. The summed E-state index contributed by atoms with van der Waals surface area (Å²) < 4.78 is 19.8. The Kier molecular flexibility index (Phi) is 3.95. The molecule has 0 saturated heterocycles. The largest absolute Gasteiger partial charge is 0.436 e. The molecule has 0 unspecified atom stereocenters. The monoisotopic (exact) mass is 419 g/mol. The number of benzene rings is 2. The number of amides is 1. The van der Waals surface area contributed by atoms with Gasteiger partial charge in [0.2, 0.25) is 17.8 Å². The molecule has 1 heterocycles. The van der Waals surface area contributed by atoms with Crippen molar-refractivity contribution in [1.82, 2.24) is 4.98 Å². The first-order valence-corrected chi connectivity index (χ1v) is 8.52. The lowest BCUT2D eigenvalue weighted by Gasteiger charge is -2.02. The summed E-state index contributed by atoms with van der Waals surface area (Å²) in [7, 11) is 0. The van der Waals surface area contributed by atoms with E-state index >= 15 is 0 Å². The van der Waals surface area contributed by atoms with E-state index in [1.54, 1.807) is 24.3 Å². The van der Waals surface area contributed by atoms with Gasteiger partial charge in [-0.2, -0.15) is 0 Å². The van der Waals surface area contributed by atoms with Crippen LogP contribution in [0.25, 0.3) is 22.6 Å². The van der Waals surface area contributed by atoms with Gasteiger partial charge >= 0.3 is 0 Å². The molecule has 1 N–H and O–H groups in total. The third kappa shape index (κ3) is 3.05. The number of fused-ring (bicyclic) bond motifs is 1. The van der Waals surface area contributed by atoms with Crippen LogP contribution in [-0.2, 0) is 4.79 Å². The first-order chi connectivity index (χ1) is 12.4. The van der Waals surface area contributed by atoms with Crippen molar-refractivity contribution in [1.29, 1.82) is 0 Å². The SMILES string of the molecule is O=C(Nc1ccc2oc(-c3cc(F)ccc3Br)nc2c1)[C@@H]1C[C@@H]1[N+](=O)[O-]. The molecule has 0 spiro atoms. The lowest BCUT2D eigenvalue weighted by atomic mass is 10.2. The number of oxazole rings is 1. The Morgan fingerprint density at radius 3 is 2.88 bits per heavy atom. The maximum atomic E-state index is 13.5. The van der Waals surface area contributed by atoms with Crippen molar-refractivity contribution in [2.45, 2.75) is 12.5 Å². The predicted molar refractivity (Wildman–Crippen MR) is 94.6 cm³/mol. The molecular weight excluding hydrogens is 409 g/mol. The Morgan fingerprint density at radius 2 is 2.15 bits per heavy atom. The van der Waals surface area contributed by atoms with Crippen molar-refractivity contribution < 1.29 is 18.5 Å². The maximum Gasteiger partial charge on any atom is 0.234 e. The zero-order valence-electron chi connectivity index (χ0n) is 13.1. The lowest BCUT2D eigenvalue weighted by molar-refractivity contribution is -0.497. The Labute approximate surface area is 154 Å². The molecule has 0 aliphatic heterocycles. The first-order valence-electron chi connectivity index (χ1n) is 7.73. The van der Waals surface area contributed by atoms with E-state index in [0.717, 1.165) is 0 Å². The van der Waals surface area contributed by atoms with E-state index < -0.39 is 22.7 Å². The zero-order chi connectivity index (χ0) is 18.4. The highest BCUT2D eigenvalue weighted by atomic mass is 79.9. The van der Waals surface area contributed by atoms with E-state index in [1.807, 2.05) is 0 Å². The molecule has 0 radical (unpaired) electrons. The average Bonchev–Trinajstić information content (AvgIpc) is 3.30. The third-order valence-electron chi connectivity index (χ3n) is 4.18. The van der Waals surface area contributed by atoms with Crippen LogP contribution in [0.2, 0.25) is 0 Å². The third-order valence-corrected chi connectivity index (χ3v) is 4.87. The van der Waals surface area contributed by atoms with Crippen LogP contribution in [0.4, 0.5) is 10.1 Å². The maximum absolute atomic E-state index is 13.5. The molecule has 1 amide bonds. The molecule has 2 aromatic carbocycles. The smallest absolute Gasteiger partial charge is 0.234 e. The molecule has 4 rings (SSSR count). The highest BCUT2D eigenvalue weighted by molar-refractivity contribution is 9.10.